The van der Waals surface area contributed by atoms with Gasteiger partial charge >= 0.3 is 0 Å². The monoisotopic (exact) mass is 493 g/mol. The summed E-state index contributed by atoms with van der Waals surface area (Å²) in [6, 6.07) is 6.47. The minimum Gasteiger partial charge on any atom is -0.364 e. The third kappa shape index (κ3) is 5.29. The molecule has 2 atom stereocenters. The number of carbonyl (C=O) groups is 1. The summed E-state index contributed by atoms with van der Waals surface area (Å²) in [5.74, 6) is -0.115. The smallest absolute Gasteiger partial charge is 0.273 e. The lowest BCUT2D eigenvalue weighted by molar-refractivity contribution is 0.0995. The van der Waals surface area contributed by atoms with E-state index in [2.05, 4.69) is 36.7 Å². The van der Waals surface area contributed by atoms with Gasteiger partial charge in [-0.3, -0.25) is 9.48 Å². The van der Waals surface area contributed by atoms with Gasteiger partial charge in [0.1, 0.15) is 0 Å². The van der Waals surface area contributed by atoms with Gasteiger partial charge < -0.3 is 22.1 Å². The zero-order valence-electron chi connectivity index (χ0n) is 18.1. The summed E-state index contributed by atoms with van der Waals surface area (Å²) < 4.78 is 2.05. The number of anilines is 3. The summed E-state index contributed by atoms with van der Waals surface area (Å²) in [6.07, 6.45) is 9.84. The van der Waals surface area contributed by atoms with E-state index >= 15 is 0 Å². The Morgan fingerprint density at radius 2 is 1.85 bits per heavy atom. The van der Waals surface area contributed by atoms with Gasteiger partial charge in [-0.1, -0.05) is 12.8 Å². The normalized spacial score (nSPS) is 20.3. The van der Waals surface area contributed by atoms with Crippen molar-refractivity contribution in [2.45, 2.75) is 63.1 Å². The Labute approximate surface area is 204 Å². The van der Waals surface area contributed by atoms with Crippen LogP contribution in [0.15, 0.2) is 24.4 Å². The lowest BCUT2D eigenvalue weighted by Crippen LogP contribution is -2.43. The maximum Gasteiger partial charge on any atom is 0.273 e. The molecule has 2 aromatic heterocycles. The van der Waals surface area contributed by atoms with E-state index in [1.165, 1.54) is 19.3 Å². The second-order valence-electron chi connectivity index (χ2n) is 8.49. The molecule has 2 aliphatic carbocycles. The van der Waals surface area contributed by atoms with Crippen molar-refractivity contribution in [1.29, 1.82) is 0 Å². The van der Waals surface area contributed by atoms with Crippen LogP contribution >= 0.6 is 24.8 Å². The number of nitrogens with two attached hydrogens (primary N) is 2. The number of aromatic nitrogens is 5. The van der Waals surface area contributed by atoms with E-state index in [0.29, 0.717) is 12.0 Å². The largest absolute Gasteiger partial charge is 0.364 e. The van der Waals surface area contributed by atoms with E-state index in [-0.39, 0.29) is 48.4 Å². The number of nitrogens with one attached hydrogen (secondary N) is 2. The molecule has 2 aliphatic rings. The lowest BCUT2D eigenvalue weighted by atomic mass is 9.91. The van der Waals surface area contributed by atoms with Crippen LogP contribution in [-0.4, -0.2) is 43.0 Å². The maximum atomic E-state index is 11.9. The highest BCUT2D eigenvalue weighted by Gasteiger charge is 2.24. The second kappa shape index (κ2) is 10.5. The Kier molecular flexibility index (Phi) is 7.93. The first kappa shape index (κ1) is 24.9. The average Bonchev–Trinajstić information content (AvgIpc) is 3.11. The summed E-state index contributed by atoms with van der Waals surface area (Å²) in [5.41, 5.74) is 13.3. The molecule has 10 nitrogen and oxygen atoms in total. The van der Waals surface area contributed by atoms with E-state index in [9.17, 15) is 4.79 Å². The first-order chi connectivity index (χ1) is 15.1. The zero-order valence-corrected chi connectivity index (χ0v) is 19.7. The minimum absolute atomic E-state index is 0. The number of hydrogen-bond acceptors (Lipinski definition) is 8. The van der Waals surface area contributed by atoms with Crippen LogP contribution in [0.4, 0.5) is 17.5 Å². The van der Waals surface area contributed by atoms with Gasteiger partial charge in [-0.2, -0.15) is 10.1 Å². The number of rotatable bonds is 6. The first-order valence-electron chi connectivity index (χ1n) is 10.9. The second-order valence-corrected chi connectivity index (χ2v) is 8.49. The molecule has 0 radical (unpaired) electrons. The van der Waals surface area contributed by atoms with Crippen LogP contribution in [0.1, 0.15) is 61.5 Å². The van der Waals surface area contributed by atoms with E-state index in [1.807, 2.05) is 18.2 Å². The summed E-state index contributed by atoms with van der Waals surface area (Å²) in [6.45, 7) is 0. The molecule has 2 fully saturated rings. The quantitative estimate of drug-likeness (QED) is 0.408. The van der Waals surface area contributed by atoms with Crippen LogP contribution in [0.2, 0.25) is 0 Å². The molecule has 33 heavy (non-hydrogen) atoms. The number of halogens is 2. The van der Waals surface area contributed by atoms with Gasteiger partial charge in [-0.05, 0) is 50.3 Å². The van der Waals surface area contributed by atoms with Gasteiger partial charge in [0.25, 0.3) is 5.91 Å². The average molecular weight is 494 g/mol. The molecule has 0 unspecified atom stereocenters. The van der Waals surface area contributed by atoms with Gasteiger partial charge in [-0.15, -0.1) is 35.0 Å². The van der Waals surface area contributed by atoms with Crippen LogP contribution in [0.5, 0.6) is 0 Å². The Morgan fingerprint density at radius 3 is 2.55 bits per heavy atom. The molecule has 2 heterocycles. The molecule has 178 valence electrons. The number of fused-ring (bicyclic) bond motifs is 1. The van der Waals surface area contributed by atoms with Crippen LogP contribution < -0.4 is 22.1 Å². The Balaban J connectivity index is 0.00000153. The molecule has 0 aliphatic heterocycles. The van der Waals surface area contributed by atoms with Crippen molar-refractivity contribution in [3.8, 4) is 0 Å². The number of primary amides is 1. The number of benzene rings is 1. The minimum atomic E-state index is -0.696. The molecule has 0 saturated heterocycles. The fraction of sp³-hybridized carbons (Fsp3) is 0.476. The van der Waals surface area contributed by atoms with Crippen molar-refractivity contribution in [3.05, 3.63) is 30.1 Å². The van der Waals surface area contributed by atoms with Crippen LogP contribution in [-0.2, 0) is 0 Å². The highest BCUT2D eigenvalue weighted by Crippen LogP contribution is 2.32. The molecule has 1 amide bonds. The SMILES string of the molecule is Cl.Cl.NC(=O)c1nnc(N[C@@H]2CCCC[C@@H]2N)nc1Nc1ccc2cn(C3CCC3)nc2c1. The predicted molar refractivity (Wildman–Crippen MR) is 133 cm³/mol. The zero-order chi connectivity index (χ0) is 21.4. The van der Waals surface area contributed by atoms with Crippen molar-refractivity contribution >= 4 is 59.1 Å². The predicted octanol–water partition coefficient (Wildman–Crippen LogP) is 3.31. The molecule has 1 aromatic carbocycles. The highest BCUT2D eigenvalue weighted by molar-refractivity contribution is 5.96. The fourth-order valence-corrected chi connectivity index (χ4v) is 4.23. The molecule has 0 bridgehead atoms. The molecule has 12 heteroatoms. The lowest BCUT2D eigenvalue weighted by Gasteiger charge is -2.29. The van der Waals surface area contributed by atoms with E-state index < -0.39 is 5.91 Å². The van der Waals surface area contributed by atoms with E-state index in [0.717, 1.165) is 42.3 Å². The van der Waals surface area contributed by atoms with Crippen molar-refractivity contribution in [3.63, 3.8) is 0 Å². The van der Waals surface area contributed by atoms with Gasteiger partial charge in [0.15, 0.2) is 11.5 Å². The Morgan fingerprint density at radius 1 is 1.06 bits per heavy atom. The van der Waals surface area contributed by atoms with Crippen molar-refractivity contribution in [1.82, 2.24) is 25.0 Å². The number of hydrogen-bond donors (Lipinski definition) is 4. The van der Waals surface area contributed by atoms with Gasteiger partial charge in [0.05, 0.1) is 11.6 Å². The Hall–Kier alpha value is -2.69. The molecule has 5 rings (SSSR count). The molecule has 6 N–H and O–H groups in total. The van der Waals surface area contributed by atoms with Gasteiger partial charge in [0, 0.05) is 29.4 Å². The van der Waals surface area contributed by atoms with Crippen molar-refractivity contribution in [2.24, 2.45) is 11.5 Å². The number of amides is 1. The molecule has 3 aromatic rings. The third-order valence-corrected chi connectivity index (χ3v) is 6.29. The highest BCUT2D eigenvalue weighted by atomic mass is 35.5. The summed E-state index contributed by atoms with van der Waals surface area (Å²) in [5, 5.41) is 20.2. The molecular formula is C21H29Cl2N9O. The van der Waals surface area contributed by atoms with Crippen LogP contribution in [0.25, 0.3) is 10.9 Å². The number of carbonyl (C=O) groups excluding carboxylic acids is 1. The third-order valence-electron chi connectivity index (χ3n) is 6.29. The van der Waals surface area contributed by atoms with E-state index in [1.54, 1.807) is 0 Å². The molecular weight excluding hydrogens is 465 g/mol. The van der Waals surface area contributed by atoms with Crippen LogP contribution in [0, 0.1) is 0 Å². The molecule has 0 spiro atoms. The summed E-state index contributed by atoms with van der Waals surface area (Å²) in [7, 11) is 0. The van der Waals surface area contributed by atoms with E-state index in [4.69, 9.17) is 16.6 Å². The topological polar surface area (TPSA) is 150 Å². The maximum absolute atomic E-state index is 11.9. The summed E-state index contributed by atoms with van der Waals surface area (Å²) >= 11 is 0. The van der Waals surface area contributed by atoms with Crippen LogP contribution in [0.3, 0.4) is 0 Å². The van der Waals surface area contributed by atoms with Crippen molar-refractivity contribution in [2.75, 3.05) is 10.6 Å². The van der Waals surface area contributed by atoms with Gasteiger partial charge in [-0.25, -0.2) is 0 Å². The fourth-order valence-electron chi connectivity index (χ4n) is 4.23. The molecule has 2 saturated carbocycles. The Bertz CT molecular complexity index is 1120. The van der Waals surface area contributed by atoms with Gasteiger partial charge in [0.2, 0.25) is 5.95 Å². The first-order valence-corrected chi connectivity index (χ1v) is 10.9. The standard InChI is InChI=1S/C21H27N9O.2ClH/c22-15-6-1-2-7-16(15)25-21-26-20(18(19(23)31)27-28-21)24-13-9-8-12-11-30(14-4-3-5-14)29-17(12)10-13;;/h8-11,14-16H,1-7,22H2,(H2,23,31)(H2,24,25,26,28);2*1H/t15-,16+;;/m0../s1. The summed E-state index contributed by atoms with van der Waals surface area (Å²) in [4.78, 5) is 16.4. The van der Waals surface area contributed by atoms with Crippen molar-refractivity contribution < 1.29 is 4.79 Å². The number of nitrogens with zero attached hydrogens (tertiary/aromatic N) is 5.